The van der Waals surface area contributed by atoms with Gasteiger partial charge in [0.15, 0.2) is 0 Å². The molecule has 0 saturated carbocycles. The fourth-order valence-electron chi connectivity index (χ4n) is 2.10. The quantitative estimate of drug-likeness (QED) is 0.710. The molecule has 3 N–H and O–H groups in total. The largest absolute Gasteiger partial charge is 0.508 e. The Balaban J connectivity index is 2.58. The Morgan fingerprint density at radius 3 is 2.86 bits per heavy atom. The minimum atomic E-state index is 0.415. The molecule has 0 bridgehead atoms. The summed E-state index contributed by atoms with van der Waals surface area (Å²) in [5, 5.41) is 9.68. The predicted molar refractivity (Wildman–Crippen MR) is 58.1 cm³/mol. The number of phenols is 1. The van der Waals surface area contributed by atoms with Crippen LogP contribution in [0.5, 0.6) is 5.75 Å². The van der Waals surface area contributed by atoms with Crippen LogP contribution in [0.3, 0.4) is 0 Å². The molecule has 1 aromatic rings. The van der Waals surface area contributed by atoms with Gasteiger partial charge < -0.3 is 10.8 Å². The first-order chi connectivity index (χ1) is 6.74. The van der Waals surface area contributed by atoms with E-state index >= 15 is 0 Å². The van der Waals surface area contributed by atoms with Gasteiger partial charge in [0.1, 0.15) is 5.75 Å². The number of hydrogen-bond donors (Lipinski definition) is 2. The first-order valence-corrected chi connectivity index (χ1v) is 4.94. The number of allylic oxidation sites excluding steroid dienone is 1. The van der Waals surface area contributed by atoms with Gasteiger partial charge in [0.2, 0.25) is 0 Å². The van der Waals surface area contributed by atoms with Gasteiger partial charge in [-0.2, -0.15) is 0 Å². The maximum absolute atomic E-state index is 9.68. The van der Waals surface area contributed by atoms with Gasteiger partial charge in [-0.3, -0.25) is 0 Å². The van der Waals surface area contributed by atoms with E-state index in [1.54, 1.807) is 6.07 Å². The second-order valence-electron chi connectivity index (χ2n) is 3.74. The molecule has 2 nitrogen and oxygen atoms in total. The highest BCUT2D eigenvalue weighted by Crippen LogP contribution is 2.34. The number of benzene rings is 1. The van der Waals surface area contributed by atoms with E-state index in [4.69, 9.17) is 5.73 Å². The Morgan fingerprint density at radius 2 is 2.14 bits per heavy atom. The number of fused-ring (bicyclic) bond motifs is 1. The summed E-state index contributed by atoms with van der Waals surface area (Å²) in [6.45, 7) is 2.71. The number of hydrogen-bond acceptors (Lipinski definition) is 2. The summed E-state index contributed by atoms with van der Waals surface area (Å²) in [5.41, 5.74) is 10.5. The van der Waals surface area contributed by atoms with E-state index in [2.05, 4.69) is 13.0 Å². The van der Waals surface area contributed by atoms with Crippen LogP contribution in [0.2, 0.25) is 0 Å². The van der Waals surface area contributed by atoms with Gasteiger partial charge in [-0.25, -0.2) is 0 Å². The first-order valence-electron chi connectivity index (χ1n) is 4.94. The van der Waals surface area contributed by atoms with E-state index < -0.39 is 0 Å². The number of aromatic hydroxyl groups is 1. The monoisotopic (exact) mass is 189 g/mol. The van der Waals surface area contributed by atoms with Crippen LogP contribution in [-0.4, -0.2) is 11.7 Å². The molecule has 0 heterocycles. The highest BCUT2D eigenvalue weighted by molar-refractivity contribution is 5.73. The average molecular weight is 189 g/mol. The maximum atomic E-state index is 9.68. The standard InChI is InChI=1S/C12H15NO/c1-8-9(7-13)5-6-11-10(8)3-2-4-12(11)14/h2-4,14H,5-7,13H2,1H3. The van der Waals surface area contributed by atoms with E-state index in [1.807, 2.05) is 6.07 Å². The van der Waals surface area contributed by atoms with Crippen LogP contribution in [-0.2, 0) is 6.42 Å². The SMILES string of the molecule is CC1=C(CN)CCc2c(O)cccc21. The van der Waals surface area contributed by atoms with Crippen molar-refractivity contribution < 1.29 is 5.11 Å². The topological polar surface area (TPSA) is 46.2 Å². The summed E-state index contributed by atoms with van der Waals surface area (Å²) in [5.74, 6) is 0.415. The highest BCUT2D eigenvalue weighted by atomic mass is 16.3. The molecular formula is C12H15NO. The molecule has 2 rings (SSSR count). The molecule has 1 aliphatic rings. The summed E-state index contributed by atoms with van der Waals surface area (Å²) in [6, 6.07) is 5.69. The molecular weight excluding hydrogens is 174 g/mol. The minimum Gasteiger partial charge on any atom is -0.508 e. The van der Waals surface area contributed by atoms with E-state index in [0.717, 1.165) is 24.0 Å². The molecule has 0 aliphatic heterocycles. The zero-order chi connectivity index (χ0) is 10.1. The second-order valence-corrected chi connectivity index (χ2v) is 3.74. The summed E-state index contributed by atoms with van der Waals surface area (Å²) in [6.07, 6.45) is 1.89. The fraction of sp³-hybridized carbons (Fsp3) is 0.333. The third kappa shape index (κ3) is 1.32. The Morgan fingerprint density at radius 1 is 1.36 bits per heavy atom. The number of nitrogens with two attached hydrogens (primary N) is 1. The van der Waals surface area contributed by atoms with Gasteiger partial charge in [0.05, 0.1) is 0 Å². The summed E-state index contributed by atoms with van der Waals surface area (Å²) in [7, 11) is 0. The fourth-order valence-corrected chi connectivity index (χ4v) is 2.10. The maximum Gasteiger partial charge on any atom is 0.119 e. The van der Waals surface area contributed by atoms with Crippen LogP contribution < -0.4 is 5.73 Å². The van der Waals surface area contributed by atoms with Crippen LogP contribution in [0, 0.1) is 0 Å². The zero-order valence-electron chi connectivity index (χ0n) is 8.38. The second kappa shape index (κ2) is 3.46. The van der Waals surface area contributed by atoms with Gasteiger partial charge in [-0.1, -0.05) is 17.7 Å². The molecule has 0 aromatic heterocycles. The molecule has 0 unspecified atom stereocenters. The average Bonchev–Trinajstić information content (AvgIpc) is 2.20. The van der Waals surface area contributed by atoms with Crippen LogP contribution >= 0.6 is 0 Å². The molecule has 0 fully saturated rings. The lowest BCUT2D eigenvalue weighted by Gasteiger charge is -2.21. The van der Waals surface area contributed by atoms with Crippen molar-refractivity contribution in [2.75, 3.05) is 6.54 Å². The van der Waals surface area contributed by atoms with Crippen molar-refractivity contribution in [1.29, 1.82) is 0 Å². The zero-order valence-corrected chi connectivity index (χ0v) is 8.38. The van der Waals surface area contributed by atoms with Crippen LogP contribution in [0.1, 0.15) is 24.5 Å². The smallest absolute Gasteiger partial charge is 0.119 e. The number of phenolic OH excluding ortho intramolecular Hbond substituents is 1. The van der Waals surface area contributed by atoms with E-state index in [9.17, 15) is 5.11 Å². The van der Waals surface area contributed by atoms with Crippen molar-refractivity contribution in [1.82, 2.24) is 0 Å². The summed E-state index contributed by atoms with van der Waals surface area (Å²) in [4.78, 5) is 0. The van der Waals surface area contributed by atoms with Crippen LogP contribution in [0.4, 0.5) is 0 Å². The third-order valence-corrected chi connectivity index (χ3v) is 3.01. The Labute approximate surface area is 84.1 Å². The molecule has 0 atom stereocenters. The Bertz CT molecular complexity index is 393. The van der Waals surface area contributed by atoms with Crippen molar-refractivity contribution >= 4 is 5.57 Å². The van der Waals surface area contributed by atoms with Gasteiger partial charge in [0, 0.05) is 12.1 Å². The van der Waals surface area contributed by atoms with Crippen LogP contribution in [0.15, 0.2) is 23.8 Å². The molecule has 0 saturated heterocycles. The lowest BCUT2D eigenvalue weighted by atomic mass is 9.86. The van der Waals surface area contributed by atoms with Crippen molar-refractivity contribution in [2.45, 2.75) is 19.8 Å². The summed E-state index contributed by atoms with van der Waals surface area (Å²) < 4.78 is 0. The Kier molecular flexibility index (Phi) is 2.30. The predicted octanol–water partition coefficient (Wildman–Crippen LogP) is 2.07. The Hall–Kier alpha value is -1.28. The molecule has 74 valence electrons. The van der Waals surface area contributed by atoms with E-state index in [0.29, 0.717) is 12.3 Å². The van der Waals surface area contributed by atoms with Crippen molar-refractivity contribution in [3.8, 4) is 5.75 Å². The molecule has 1 aliphatic carbocycles. The first kappa shape index (κ1) is 9.28. The van der Waals surface area contributed by atoms with E-state index in [1.165, 1.54) is 11.1 Å². The van der Waals surface area contributed by atoms with Gasteiger partial charge >= 0.3 is 0 Å². The van der Waals surface area contributed by atoms with Crippen molar-refractivity contribution in [3.05, 3.63) is 34.9 Å². The lowest BCUT2D eigenvalue weighted by molar-refractivity contribution is 0.467. The van der Waals surface area contributed by atoms with Crippen LogP contribution in [0.25, 0.3) is 5.57 Å². The van der Waals surface area contributed by atoms with Crippen molar-refractivity contribution in [2.24, 2.45) is 5.73 Å². The molecule has 0 spiro atoms. The van der Waals surface area contributed by atoms with Crippen molar-refractivity contribution in [3.63, 3.8) is 0 Å². The lowest BCUT2D eigenvalue weighted by Crippen LogP contribution is -2.11. The third-order valence-electron chi connectivity index (χ3n) is 3.01. The van der Waals surface area contributed by atoms with E-state index in [-0.39, 0.29) is 0 Å². The summed E-state index contributed by atoms with van der Waals surface area (Å²) >= 11 is 0. The molecule has 1 aromatic carbocycles. The van der Waals surface area contributed by atoms with Gasteiger partial charge in [-0.15, -0.1) is 0 Å². The van der Waals surface area contributed by atoms with Gasteiger partial charge in [-0.05, 0) is 37.0 Å². The minimum absolute atomic E-state index is 0.415. The normalized spacial score (nSPS) is 15.6. The molecule has 0 amide bonds. The highest BCUT2D eigenvalue weighted by Gasteiger charge is 2.16. The molecule has 0 radical (unpaired) electrons. The molecule has 2 heteroatoms. The number of rotatable bonds is 1. The van der Waals surface area contributed by atoms with Gasteiger partial charge in [0.25, 0.3) is 0 Å². The molecule has 14 heavy (non-hydrogen) atoms.